The van der Waals surface area contributed by atoms with Crippen molar-refractivity contribution in [3.05, 3.63) is 35.5 Å². The van der Waals surface area contributed by atoms with Crippen LogP contribution in [0.3, 0.4) is 0 Å². The summed E-state index contributed by atoms with van der Waals surface area (Å²) in [6.45, 7) is 12.1. The number of esters is 1. The molecule has 0 aromatic rings. The number of hydrogen-bond acceptors (Lipinski definition) is 5. The van der Waals surface area contributed by atoms with E-state index in [2.05, 4.69) is 20.8 Å². The zero-order valence-electron chi connectivity index (χ0n) is 20.9. The van der Waals surface area contributed by atoms with E-state index >= 15 is 0 Å². The number of Topliss-reactive ketones (excluding diaryl/α,β-unsaturated/α-hetero) is 1. The lowest BCUT2D eigenvalue weighted by molar-refractivity contribution is -0.200. The van der Waals surface area contributed by atoms with Crippen LogP contribution in [0.5, 0.6) is 0 Å². The second-order valence-electron chi connectivity index (χ2n) is 11.6. The normalized spacial score (nSPS) is 43.2. The molecule has 1 unspecified atom stereocenters. The number of rotatable bonds is 6. The Morgan fingerprint density at radius 2 is 1.94 bits per heavy atom. The Bertz CT molecular complexity index is 927. The molecule has 0 heterocycles. The van der Waals surface area contributed by atoms with Crippen LogP contribution in [0.1, 0.15) is 73.6 Å². The maximum Gasteiger partial charge on any atom is 0.331 e. The first-order valence-electron chi connectivity index (χ1n) is 12.6. The molecule has 0 aromatic carbocycles. The number of allylic oxidation sites excluding steroid dienone is 2. The number of unbranched alkanes of at least 4 members (excludes halogenated alkanes) is 3. The second-order valence-corrected chi connectivity index (χ2v) is 11.6. The van der Waals surface area contributed by atoms with E-state index in [4.69, 9.17) is 4.74 Å². The Morgan fingerprint density at radius 1 is 1.24 bits per heavy atom. The maximum absolute atomic E-state index is 14.2. The molecule has 8 atom stereocenters. The first-order valence-corrected chi connectivity index (χ1v) is 12.6. The molecule has 0 aliphatic heterocycles. The second kappa shape index (κ2) is 8.20. The molecule has 4 aliphatic carbocycles. The van der Waals surface area contributed by atoms with Crippen LogP contribution < -0.4 is 0 Å². The van der Waals surface area contributed by atoms with Crippen LogP contribution in [-0.2, 0) is 14.3 Å². The lowest BCUT2D eigenvalue weighted by Crippen LogP contribution is -2.65. The standard InChI is InChI=1S/C28H40O5/c1-7-8-9-10-11-12-21(29)33-25-17(3)15-27-18(4)14-20-22(26(20,5)6)19(24(27)31)13-16(2)23(30)28(25,27)32/h11-13,15,18-20,22-23,25,30,32H,7-10,14H2,1-6H3/t18-,19+,20-,22+,23-,25+,27?,28+/m1/s1. The highest BCUT2D eigenvalue weighted by Gasteiger charge is 2.76. The predicted molar refractivity (Wildman–Crippen MR) is 127 cm³/mol. The largest absolute Gasteiger partial charge is 0.451 e. The average molecular weight is 457 g/mol. The van der Waals surface area contributed by atoms with Gasteiger partial charge in [-0.15, -0.1) is 0 Å². The van der Waals surface area contributed by atoms with Gasteiger partial charge in [0.25, 0.3) is 0 Å². The first-order chi connectivity index (χ1) is 15.4. The summed E-state index contributed by atoms with van der Waals surface area (Å²) < 4.78 is 5.80. The van der Waals surface area contributed by atoms with E-state index in [0.717, 1.165) is 32.1 Å². The number of ketones is 1. The van der Waals surface area contributed by atoms with Crippen LogP contribution >= 0.6 is 0 Å². The Labute approximate surface area is 198 Å². The third-order valence-electron chi connectivity index (χ3n) is 9.31. The topological polar surface area (TPSA) is 83.8 Å². The molecule has 1 spiro atoms. The number of hydrogen-bond donors (Lipinski definition) is 2. The van der Waals surface area contributed by atoms with Crippen molar-refractivity contribution < 1.29 is 24.5 Å². The number of fused-ring (bicyclic) bond motifs is 3. The van der Waals surface area contributed by atoms with Gasteiger partial charge in [-0.25, -0.2) is 4.79 Å². The fourth-order valence-corrected chi connectivity index (χ4v) is 7.42. The van der Waals surface area contributed by atoms with Crippen molar-refractivity contribution in [2.75, 3.05) is 0 Å². The molecule has 182 valence electrons. The molecular formula is C28H40O5. The fraction of sp³-hybridized carbons (Fsp3) is 0.714. The molecule has 4 aliphatic rings. The fourth-order valence-electron chi connectivity index (χ4n) is 7.42. The molecule has 0 amide bonds. The van der Waals surface area contributed by atoms with Gasteiger partial charge in [-0.1, -0.05) is 58.8 Å². The summed E-state index contributed by atoms with van der Waals surface area (Å²) in [6.07, 6.45) is 9.33. The van der Waals surface area contributed by atoms with Crippen molar-refractivity contribution in [3.63, 3.8) is 0 Å². The van der Waals surface area contributed by atoms with Crippen molar-refractivity contribution in [2.45, 2.75) is 91.5 Å². The first kappa shape index (κ1) is 24.4. The summed E-state index contributed by atoms with van der Waals surface area (Å²) in [4.78, 5) is 26.9. The molecule has 0 aromatic heterocycles. The van der Waals surface area contributed by atoms with Gasteiger partial charge < -0.3 is 14.9 Å². The summed E-state index contributed by atoms with van der Waals surface area (Å²) in [5.74, 6) is -0.535. The van der Waals surface area contributed by atoms with Crippen LogP contribution in [-0.4, -0.2) is 39.8 Å². The molecule has 5 heteroatoms. The Morgan fingerprint density at radius 3 is 2.61 bits per heavy atom. The monoisotopic (exact) mass is 456 g/mol. The number of aliphatic hydroxyl groups excluding tert-OH is 1. The molecule has 33 heavy (non-hydrogen) atoms. The zero-order chi connectivity index (χ0) is 24.3. The highest BCUT2D eigenvalue weighted by Crippen LogP contribution is 2.71. The van der Waals surface area contributed by atoms with E-state index in [1.54, 1.807) is 19.9 Å². The lowest BCUT2D eigenvalue weighted by Gasteiger charge is -2.48. The Hall–Kier alpha value is -1.72. The summed E-state index contributed by atoms with van der Waals surface area (Å²) in [7, 11) is 0. The third kappa shape index (κ3) is 3.33. The summed E-state index contributed by atoms with van der Waals surface area (Å²) in [5, 5.41) is 23.7. The Kier molecular flexibility index (Phi) is 6.06. The smallest absolute Gasteiger partial charge is 0.331 e. The van der Waals surface area contributed by atoms with E-state index in [-0.39, 0.29) is 29.0 Å². The maximum atomic E-state index is 14.2. The molecule has 2 fully saturated rings. The van der Waals surface area contributed by atoms with Gasteiger partial charge in [0, 0.05) is 12.0 Å². The third-order valence-corrected chi connectivity index (χ3v) is 9.31. The molecule has 2 bridgehead atoms. The Balaban J connectivity index is 1.70. The van der Waals surface area contributed by atoms with E-state index < -0.39 is 29.2 Å². The van der Waals surface area contributed by atoms with Crippen molar-refractivity contribution >= 4 is 11.8 Å². The molecule has 2 saturated carbocycles. The van der Waals surface area contributed by atoms with Gasteiger partial charge >= 0.3 is 5.97 Å². The van der Waals surface area contributed by atoms with Crippen molar-refractivity contribution in [1.29, 1.82) is 0 Å². The van der Waals surface area contributed by atoms with E-state index in [0.29, 0.717) is 17.1 Å². The molecule has 4 rings (SSSR count). The van der Waals surface area contributed by atoms with E-state index in [1.165, 1.54) is 6.08 Å². The van der Waals surface area contributed by atoms with Crippen molar-refractivity contribution in [3.8, 4) is 0 Å². The molecule has 0 radical (unpaired) electrons. The lowest BCUT2D eigenvalue weighted by atomic mass is 9.59. The van der Waals surface area contributed by atoms with Gasteiger partial charge in [0.15, 0.2) is 17.5 Å². The summed E-state index contributed by atoms with van der Waals surface area (Å²) in [5.41, 5.74) is -1.93. The van der Waals surface area contributed by atoms with Crippen LogP contribution in [0.15, 0.2) is 35.5 Å². The van der Waals surface area contributed by atoms with Crippen molar-refractivity contribution in [1.82, 2.24) is 0 Å². The molecule has 2 N–H and O–H groups in total. The van der Waals surface area contributed by atoms with Crippen LogP contribution in [0.4, 0.5) is 0 Å². The van der Waals surface area contributed by atoms with Gasteiger partial charge in [0.2, 0.25) is 0 Å². The quantitative estimate of drug-likeness (QED) is 0.266. The minimum atomic E-state index is -1.92. The summed E-state index contributed by atoms with van der Waals surface area (Å²) >= 11 is 0. The zero-order valence-corrected chi connectivity index (χ0v) is 20.9. The van der Waals surface area contributed by atoms with Gasteiger partial charge in [-0.3, -0.25) is 4.79 Å². The van der Waals surface area contributed by atoms with Crippen LogP contribution in [0, 0.1) is 34.5 Å². The summed E-state index contributed by atoms with van der Waals surface area (Å²) in [6, 6.07) is 0. The van der Waals surface area contributed by atoms with Crippen molar-refractivity contribution in [2.24, 2.45) is 34.5 Å². The molecular weight excluding hydrogens is 416 g/mol. The number of aliphatic hydroxyl groups is 2. The predicted octanol–water partition coefficient (Wildman–Crippen LogP) is 4.53. The van der Waals surface area contributed by atoms with Gasteiger partial charge in [0.05, 0.1) is 5.41 Å². The average Bonchev–Trinajstić information content (AvgIpc) is 3.24. The SMILES string of the molecule is CCCCCC=CC(=O)O[C@H]1C(C)=CC23C(=O)[C@@H](C=C(C)[C@@H](O)[C@]12O)[C@H]1[C@@H](C[C@H]3C)C1(C)C. The van der Waals surface area contributed by atoms with Crippen LogP contribution in [0.25, 0.3) is 0 Å². The highest BCUT2D eigenvalue weighted by atomic mass is 16.6. The minimum absolute atomic E-state index is 0.0421. The number of carbonyl (C=O) groups excluding carboxylic acids is 2. The van der Waals surface area contributed by atoms with Gasteiger partial charge in [0.1, 0.15) is 6.10 Å². The van der Waals surface area contributed by atoms with Gasteiger partial charge in [-0.05, 0) is 67.4 Å². The van der Waals surface area contributed by atoms with E-state index in [1.807, 2.05) is 19.1 Å². The highest BCUT2D eigenvalue weighted by molar-refractivity contribution is 5.95. The minimum Gasteiger partial charge on any atom is -0.451 e. The molecule has 0 saturated heterocycles. The van der Waals surface area contributed by atoms with E-state index in [9.17, 15) is 19.8 Å². The number of carbonyl (C=O) groups is 2. The van der Waals surface area contributed by atoms with Gasteiger partial charge in [-0.2, -0.15) is 0 Å². The van der Waals surface area contributed by atoms with Crippen LogP contribution in [0.2, 0.25) is 0 Å². The molecule has 5 nitrogen and oxygen atoms in total. The number of ether oxygens (including phenoxy) is 1.